The van der Waals surface area contributed by atoms with Crippen molar-refractivity contribution in [3.63, 3.8) is 0 Å². The van der Waals surface area contributed by atoms with Crippen molar-refractivity contribution in [1.29, 1.82) is 0 Å². The molecule has 0 bridgehead atoms. The quantitative estimate of drug-likeness (QED) is 0.597. The molecule has 1 aromatic rings. The highest BCUT2D eigenvalue weighted by Gasteiger charge is 2.13. The molecule has 0 atom stereocenters. The van der Waals surface area contributed by atoms with E-state index in [1.165, 1.54) is 0 Å². The summed E-state index contributed by atoms with van der Waals surface area (Å²) in [5.74, 6) is 0.183. The van der Waals surface area contributed by atoms with Crippen LogP contribution in [0.3, 0.4) is 0 Å². The summed E-state index contributed by atoms with van der Waals surface area (Å²) >= 11 is 0. The number of hydrogen-bond acceptors (Lipinski definition) is 4. The van der Waals surface area contributed by atoms with Gasteiger partial charge >= 0.3 is 0 Å². The van der Waals surface area contributed by atoms with Crippen LogP contribution in [0, 0.1) is 5.92 Å². The van der Waals surface area contributed by atoms with Crippen LogP contribution in [-0.2, 0) is 0 Å². The van der Waals surface area contributed by atoms with Gasteiger partial charge in [-0.15, -0.1) is 5.10 Å². The second kappa shape index (κ2) is 2.69. The molecule has 0 aliphatic carbocycles. The van der Waals surface area contributed by atoms with Gasteiger partial charge in [-0.3, -0.25) is 9.89 Å². The number of nitrogens with zero attached hydrogens (tertiary/aromatic N) is 2. The Balaban J connectivity index is 2.85. The van der Waals surface area contributed by atoms with E-state index in [2.05, 4.69) is 15.2 Å². The van der Waals surface area contributed by atoms with Gasteiger partial charge in [-0.2, -0.15) is 4.98 Å². The minimum absolute atomic E-state index is 0.0748. The van der Waals surface area contributed by atoms with Gasteiger partial charge in [0.25, 0.3) is 0 Å². The fourth-order valence-corrected chi connectivity index (χ4v) is 0.658. The summed E-state index contributed by atoms with van der Waals surface area (Å²) in [5.41, 5.74) is 5.21. The zero-order chi connectivity index (χ0) is 8.43. The van der Waals surface area contributed by atoms with Gasteiger partial charge < -0.3 is 5.73 Å². The van der Waals surface area contributed by atoms with Crippen LogP contribution in [0.5, 0.6) is 0 Å². The zero-order valence-corrected chi connectivity index (χ0v) is 6.46. The number of H-pyrrole nitrogens is 1. The SMILES string of the molecule is CC(C)C(=O)c1nc(N)n[nH]1. The minimum atomic E-state index is -0.0812. The van der Waals surface area contributed by atoms with E-state index >= 15 is 0 Å². The van der Waals surface area contributed by atoms with Crippen molar-refractivity contribution >= 4 is 11.7 Å². The molecular formula is C6H10N4O. The Hall–Kier alpha value is -1.39. The number of nitrogens with two attached hydrogens (primary N) is 1. The van der Waals surface area contributed by atoms with E-state index in [1.807, 2.05) is 0 Å². The first kappa shape index (κ1) is 7.71. The van der Waals surface area contributed by atoms with Crippen LogP contribution in [0.1, 0.15) is 24.5 Å². The molecule has 0 aliphatic heterocycles. The van der Waals surface area contributed by atoms with Crippen LogP contribution < -0.4 is 5.73 Å². The second-order valence-corrected chi connectivity index (χ2v) is 2.56. The van der Waals surface area contributed by atoms with Crippen molar-refractivity contribution < 1.29 is 4.79 Å². The van der Waals surface area contributed by atoms with Gasteiger partial charge in [0.1, 0.15) is 0 Å². The normalized spacial score (nSPS) is 10.5. The van der Waals surface area contributed by atoms with Crippen LogP contribution in [0.4, 0.5) is 5.95 Å². The van der Waals surface area contributed by atoms with E-state index in [0.717, 1.165) is 0 Å². The first-order valence-electron chi connectivity index (χ1n) is 3.33. The molecular weight excluding hydrogens is 144 g/mol. The maximum absolute atomic E-state index is 11.2. The first-order chi connectivity index (χ1) is 5.11. The van der Waals surface area contributed by atoms with Crippen molar-refractivity contribution in [3.05, 3.63) is 5.82 Å². The van der Waals surface area contributed by atoms with Crippen LogP contribution in [0.2, 0.25) is 0 Å². The van der Waals surface area contributed by atoms with E-state index in [0.29, 0.717) is 0 Å². The molecule has 1 aromatic heterocycles. The number of rotatable bonds is 2. The Kier molecular flexibility index (Phi) is 1.89. The molecule has 5 heteroatoms. The average Bonchev–Trinajstić information content (AvgIpc) is 2.34. The molecule has 0 fully saturated rings. The minimum Gasteiger partial charge on any atom is -0.366 e. The monoisotopic (exact) mass is 154 g/mol. The topological polar surface area (TPSA) is 84.7 Å². The standard InChI is InChI=1S/C6H10N4O/c1-3(2)4(11)5-8-6(7)10-9-5/h3H,1-2H3,(H3,7,8,9,10). The van der Waals surface area contributed by atoms with Crippen LogP contribution in [-0.4, -0.2) is 21.0 Å². The van der Waals surface area contributed by atoms with Crippen LogP contribution >= 0.6 is 0 Å². The number of anilines is 1. The van der Waals surface area contributed by atoms with Gasteiger partial charge in [0.05, 0.1) is 0 Å². The molecule has 0 aliphatic rings. The molecule has 0 saturated carbocycles. The maximum Gasteiger partial charge on any atom is 0.239 e. The number of nitrogen functional groups attached to an aromatic ring is 1. The lowest BCUT2D eigenvalue weighted by Gasteiger charge is -1.96. The number of aromatic amines is 1. The molecule has 11 heavy (non-hydrogen) atoms. The fourth-order valence-electron chi connectivity index (χ4n) is 0.658. The molecule has 1 heterocycles. The molecule has 0 amide bonds. The molecule has 1 rings (SSSR count). The van der Waals surface area contributed by atoms with Gasteiger partial charge in [0.2, 0.25) is 11.7 Å². The number of hydrogen-bond donors (Lipinski definition) is 2. The highest BCUT2D eigenvalue weighted by Crippen LogP contribution is 2.02. The summed E-state index contributed by atoms with van der Waals surface area (Å²) < 4.78 is 0. The van der Waals surface area contributed by atoms with E-state index in [9.17, 15) is 4.79 Å². The van der Waals surface area contributed by atoms with Crippen molar-refractivity contribution in [2.24, 2.45) is 5.92 Å². The lowest BCUT2D eigenvalue weighted by atomic mass is 10.1. The summed E-state index contributed by atoms with van der Waals surface area (Å²) in [6.07, 6.45) is 0. The number of Topliss-reactive ketones (excluding diaryl/α,β-unsaturated/α-hetero) is 1. The van der Waals surface area contributed by atoms with Crippen molar-refractivity contribution in [1.82, 2.24) is 15.2 Å². The van der Waals surface area contributed by atoms with Crippen LogP contribution in [0.25, 0.3) is 0 Å². The number of carbonyl (C=O) groups excluding carboxylic acids is 1. The Morgan fingerprint density at radius 1 is 1.64 bits per heavy atom. The van der Waals surface area contributed by atoms with Crippen LogP contribution in [0.15, 0.2) is 0 Å². The third-order valence-corrected chi connectivity index (χ3v) is 1.26. The predicted octanol–water partition coefficient (Wildman–Crippen LogP) is 0.226. The van der Waals surface area contributed by atoms with Crippen molar-refractivity contribution in [2.45, 2.75) is 13.8 Å². The van der Waals surface area contributed by atoms with Gasteiger partial charge in [-0.25, -0.2) is 0 Å². The lowest BCUT2D eigenvalue weighted by Crippen LogP contribution is -2.09. The number of ketones is 1. The largest absolute Gasteiger partial charge is 0.366 e. The van der Waals surface area contributed by atoms with E-state index in [1.54, 1.807) is 13.8 Å². The number of aromatic nitrogens is 3. The molecule has 0 unspecified atom stereocenters. The van der Waals surface area contributed by atoms with Gasteiger partial charge in [0, 0.05) is 5.92 Å². The Labute approximate surface area is 64.0 Å². The Morgan fingerprint density at radius 3 is 2.64 bits per heavy atom. The van der Waals surface area contributed by atoms with Gasteiger partial charge in [-0.1, -0.05) is 13.8 Å². The zero-order valence-electron chi connectivity index (χ0n) is 6.46. The first-order valence-corrected chi connectivity index (χ1v) is 3.33. The predicted molar refractivity (Wildman–Crippen MR) is 40.0 cm³/mol. The van der Waals surface area contributed by atoms with Gasteiger partial charge in [0.15, 0.2) is 5.82 Å². The summed E-state index contributed by atoms with van der Waals surface area (Å²) in [6, 6.07) is 0. The molecule has 0 radical (unpaired) electrons. The number of carbonyl (C=O) groups is 1. The summed E-state index contributed by atoms with van der Waals surface area (Å²) in [5, 5.41) is 5.99. The molecule has 3 N–H and O–H groups in total. The Morgan fingerprint density at radius 2 is 2.27 bits per heavy atom. The van der Waals surface area contributed by atoms with Crippen molar-refractivity contribution in [2.75, 3.05) is 5.73 Å². The van der Waals surface area contributed by atoms with E-state index < -0.39 is 0 Å². The smallest absolute Gasteiger partial charge is 0.239 e. The highest BCUT2D eigenvalue weighted by atomic mass is 16.1. The summed E-state index contributed by atoms with van der Waals surface area (Å²) in [6.45, 7) is 3.59. The number of nitrogens with one attached hydrogen (secondary N) is 1. The highest BCUT2D eigenvalue weighted by molar-refractivity contribution is 5.94. The fraction of sp³-hybridized carbons (Fsp3) is 0.500. The Bertz CT molecular complexity index is 265. The molecule has 5 nitrogen and oxygen atoms in total. The maximum atomic E-state index is 11.2. The molecule has 0 saturated heterocycles. The second-order valence-electron chi connectivity index (χ2n) is 2.56. The van der Waals surface area contributed by atoms with E-state index in [-0.39, 0.29) is 23.5 Å². The lowest BCUT2D eigenvalue weighted by molar-refractivity contribution is 0.0929. The van der Waals surface area contributed by atoms with Gasteiger partial charge in [-0.05, 0) is 0 Å². The molecule has 60 valence electrons. The molecule has 0 aromatic carbocycles. The van der Waals surface area contributed by atoms with Crippen molar-refractivity contribution in [3.8, 4) is 0 Å². The summed E-state index contributed by atoms with van der Waals surface area (Å²) in [7, 11) is 0. The average molecular weight is 154 g/mol. The molecule has 0 spiro atoms. The van der Waals surface area contributed by atoms with E-state index in [4.69, 9.17) is 5.73 Å². The third kappa shape index (κ3) is 1.54. The summed E-state index contributed by atoms with van der Waals surface area (Å²) in [4.78, 5) is 14.9. The third-order valence-electron chi connectivity index (χ3n) is 1.26.